The molecule has 0 atom stereocenters. The molecule has 3 aromatic heterocycles. The Kier molecular flexibility index (Phi) is 3.02. The number of aromatic nitrogens is 6. The molecule has 3 rings (SSSR count). The van der Waals surface area contributed by atoms with Gasteiger partial charge in [0.05, 0.1) is 11.6 Å². The lowest BCUT2D eigenvalue weighted by Gasteiger charge is -2.05. The van der Waals surface area contributed by atoms with Gasteiger partial charge in [-0.25, -0.2) is 19.9 Å². The van der Waals surface area contributed by atoms with Gasteiger partial charge in [0.1, 0.15) is 12.1 Å². The standard InChI is InChI=1S/C13H15N7/c1-4-14-11-10-6-17-20(12(10)16-7-15-11)13-18-8(2)5-9(3)19-13/h5-7H,4H2,1-3H3,(H,14,15,16). The highest BCUT2D eigenvalue weighted by Gasteiger charge is 2.12. The van der Waals surface area contributed by atoms with E-state index in [0.29, 0.717) is 11.6 Å². The number of hydrogen-bond acceptors (Lipinski definition) is 6. The molecule has 0 spiro atoms. The number of anilines is 1. The second-order valence-corrected chi connectivity index (χ2v) is 4.50. The van der Waals surface area contributed by atoms with Gasteiger partial charge in [0.25, 0.3) is 5.95 Å². The van der Waals surface area contributed by atoms with Crippen LogP contribution in [0.2, 0.25) is 0 Å². The number of fused-ring (bicyclic) bond motifs is 1. The number of rotatable bonds is 3. The molecule has 20 heavy (non-hydrogen) atoms. The Hall–Kier alpha value is -2.57. The maximum atomic E-state index is 4.41. The van der Waals surface area contributed by atoms with Crippen LogP contribution in [0.15, 0.2) is 18.6 Å². The summed E-state index contributed by atoms with van der Waals surface area (Å²) in [5.41, 5.74) is 2.50. The largest absolute Gasteiger partial charge is 0.370 e. The molecule has 0 bridgehead atoms. The minimum Gasteiger partial charge on any atom is -0.370 e. The van der Waals surface area contributed by atoms with Gasteiger partial charge in [-0.15, -0.1) is 0 Å². The number of aryl methyl sites for hydroxylation is 2. The van der Waals surface area contributed by atoms with E-state index >= 15 is 0 Å². The van der Waals surface area contributed by atoms with E-state index in [1.54, 1.807) is 10.9 Å². The first-order chi connectivity index (χ1) is 9.69. The molecule has 0 radical (unpaired) electrons. The van der Waals surface area contributed by atoms with E-state index in [2.05, 4.69) is 30.4 Å². The van der Waals surface area contributed by atoms with E-state index in [1.807, 2.05) is 26.8 Å². The molecular weight excluding hydrogens is 254 g/mol. The fourth-order valence-corrected chi connectivity index (χ4v) is 2.10. The molecule has 3 aromatic rings. The Labute approximate surface area is 116 Å². The third-order valence-corrected chi connectivity index (χ3v) is 2.87. The first-order valence-electron chi connectivity index (χ1n) is 6.44. The third kappa shape index (κ3) is 2.07. The summed E-state index contributed by atoms with van der Waals surface area (Å²) in [5, 5.41) is 8.39. The zero-order valence-corrected chi connectivity index (χ0v) is 11.6. The average Bonchev–Trinajstić information content (AvgIpc) is 2.83. The Morgan fingerprint density at radius 2 is 1.90 bits per heavy atom. The summed E-state index contributed by atoms with van der Waals surface area (Å²) in [6.07, 6.45) is 3.25. The highest BCUT2D eigenvalue weighted by atomic mass is 15.4. The van der Waals surface area contributed by atoms with Crippen molar-refractivity contribution in [1.29, 1.82) is 0 Å². The topological polar surface area (TPSA) is 81.4 Å². The van der Waals surface area contributed by atoms with Crippen LogP contribution in [0, 0.1) is 13.8 Å². The Morgan fingerprint density at radius 1 is 1.15 bits per heavy atom. The molecule has 0 unspecified atom stereocenters. The van der Waals surface area contributed by atoms with Crippen molar-refractivity contribution in [3.8, 4) is 5.95 Å². The predicted molar refractivity (Wildman–Crippen MR) is 75.9 cm³/mol. The monoisotopic (exact) mass is 269 g/mol. The van der Waals surface area contributed by atoms with Gasteiger partial charge in [0, 0.05) is 17.9 Å². The molecular formula is C13H15N7. The minimum absolute atomic E-state index is 0.527. The van der Waals surface area contributed by atoms with Crippen molar-refractivity contribution in [3.63, 3.8) is 0 Å². The number of hydrogen-bond donors (Lipinski definition) is 1. The van der Waals surface area contributed by atoms with Gasteiger partial charge < -0.3 is 5.32 Å². The molecule has 7 nitrogen and oxygen atoms in total. The first-order valence-corrected chi connectivity index (χ1v) is 6.44. The quantitative estimate of drug-likeness (QED) is 0.778. The van der Waals surface area contributed by atoms with Crippen LogP contribution in [0.5, 0.6) is 0 Å². The summed E-state index contributed by atoms with van der Waals surface area (Å²) in [4.78, 5) is 17.3. The number of nitrogens with one attached hydrogen (secondary N) is 1. The van der Waals surface area contributed by atoms with Crippen LogP contribution >= 0.6 is 0 Å². The van der Waals surface area contributed by atoms with Crippen molar-refractivity contribution in [2.75, 3.05) is 11.9 Å². The van der Waals surface area contributed by atoms with Crippen LogP contribution in [0.1, 0.15) is 18.3 Å². The van der Waals surface area contributed by atoms with Gasteiger partial charge >= 0.3 is 0 Å². The van der Waals surface area contributed by atoms with Crippen molar-refractivity contribution in [2.24, 2.45) is 0 Å². The fourth-order valence-electron chi connectivity index (χ4n) is 2.10. The SMILES string of the molecule is CCNc1ncnc2c1cnn2-c1nc(C)cc(C)n1. The minimum atomic E-state index is 0.527. The molecule has 0 saturated carbocycles. The van der Waals surface area contributed by atoms with E-state index in [0.717, 1.165) is 29.1 Å². The van der Waals surface area contributed by atoms with Crippen LogP contribution in [0.3, 0.4) is 0 Å². The van der Waals surface area contributed by atoms with Crippen molar-refractivity contribution in [1.82, 2.24) is 29.7 Å². The predicted octanol–water partition coefficient (Wildman–Crippen LogP) is 1.65. The Bertz CT molecular complexity index is 742. The van der Waals surface area contributed by atoms with Crippen LogP contribution in [0.25, 0.3) is 17.0 Å². The molecule has 0 fully saturated rings. The van der Waals surface area contributed by atoms with Crippen LogP contribution in [-0.2, 0) is 0 Å². The van der Waals surface area contributed by atoms with Gasteiger partial charge in [0.15, 0.2) is 5.65 Å². The van der Waals surface area contributed by atoms with Gasteiger partial charge in [0.2, 0.25) is 0 Å². The molecule has 0 amide bonds. The van der Waals surface area contributed by atoms with Crippen LogP contribution in [0.4, 0.5) is 5.82 Å². The molecule has 0 aromatic carbocycles. The highest BCUT2D eigenvalue weighted by molar-refractivity contribution is 5.86. The average molecular weight is 269 g/mol. The van der Waals surface area contributed by atoms with E-state index in [-0.39, 0.29) is 0 Å². The molecule has 3 heterocycles. The Morgan fingerprint density at radius 3 is 2.60 bits per heavy atom. The summed E-state index contributed by atoms with van der Waals surface area (Å²) >= 11 is 0. The lowest BCUT2D eigenvalue weighted by molar-refractivity contribution is 0.807. The molecule has 102 valence electrons. The molecule has 0 saturated heterocycles. The summed E-state index contributed by atoms with van der Waals surface area (Å²) in [5.74, 6) is 1.30. The van der Waals surface area contributed by atoms with E-state index < -0.39 is 0 Å². The first kappa shape index (κ1) is 12.5. The van der Waals surface area contributed by atoms with Crippen molar-refractivity contribution in [3.05, 3.63) is 30.0 Å². The lowest BCUT2D eigenvalue weighted by Crippen LogP contribution is -2.06. The molecule has 0 aliphatic carbocycles. The fraction of sp³-hybridized carbons (Fsp3) is 0.308. The zero-order valence-electron chi connectivity index (χ0n) is 11.6. The maximum Gasteiger partial charge on any atom is 0.252 e. The normalized spacial score (nSPS) is 10.9. The van der Waals surface area contributed by atoms with E-state index in [4.69, 9.17) is 0 Å². The van der Waals surface area contributed by atoms with Crippen LogP contribution < -0.4 is 5.32 Å². The maximum absolute atomic E-state index is 4.41. The summed E-state index contributed by atoms with van der Waals surface area (Å²) in [6, 6.07) is 1.92. The van der Waals surface area contributed by atoms with Gasteiger partial charge in [-0.1, -0.05) is 0 Å². The smallest absolute Gasteiger partial charge is 0.252 e. The molecule has 7 heteroatoms. The van der Waals surface area contributed by atoms with Crippen LogP contribution in [-0.4, -0.2) is 36.3 Å². The molecule has 0 aliphatic rings. The molecule has 1 N–H and O–H groups in total. The van der Waals surface area contributed by atoms with E-state index in [1.165, 1.54) is 6.33 Å². The highest BCUT2D eigenvalue weighted by Crippen LogP contribution is 2.20. The summed E-state index contributed by atoms with van der Waals surface area (Å²) < 4.78 is 1.64. The summed E-state index contributed by atoms with van der Waals surface area (Å²) in [6.45, 7) is 6.68. The second-order valence-electron chi connectivity index (χ2n) is 4.50. The van der Waals surface area contributed by atoms with Gasteiger partial charge in [-0.05, 0) is 26.8 Å². The van der Waals surface area contributed by atoms with Gasteiger partial charge in [-0.2, -0.15) is 9.78 Å². The number of nitrogens with zero attached hydrogens (tertiary/aromatic N) is 6. The lowest BCUT2D eigenvalue weighted by atomic mass is 10.3. The zero-order chi connectivity index (χ0) is 14.1. The summed E-state index contributed by atoms with van der Waals surface area (Å²) in [7, 11) is 0. The second kappa shape index (κ2) is 4.84. The van der Waals surface area contributed by atoms with Gasteiger partial charge in [-0.3, -0.25) is 0 Å². The van der Waals surface area contributed by atoms with Crippen molar-refractivity contribution < 1.29 is 0 Å². The third-order valence-electron chi connectivity index (χ3n) is 2.87. The molecule has 0 aliphatic heterocycles. The van der Waals surface area contributed by atoms with Crippen molar-refractivity contribution >= 4 is 16.9 Å². The van der Waals surface area contributed by atoms with E-state index in [9.17, 15) is 0 Å². The Balaban J connectivity index is 2.19. The van der Waals surface area contributed by atoms with Crippen molar-refractivity contribution in [2.45, 2.75) is 20.8 Å².